The highest BCUT2D eigenvalue weighted by molar-refractivity contribution is 7.94. The van der Waals surface area contributed by atoms with Crippen LogP contribution in [0.1, 0.15) is 17.5 Å². The highest BCUT2D eigenvalue weighted by Gasteiger charge is 2.29. The van der Waals surface area contributed by atoms with Crippen LogP contribution in [0, 0.1) is 0 Å². The van der Waals surface area contributed by atoms with Gasteiger partial charge in [-0.15, -0.1) is 11.3 Å². The summed E-state index contributed by atoms with van der Waals surface area (Å²) in [6, 6.07) is 15.4. The number of methoxy groups -OCH3 is 1. The molecule has 5 rings (SSSR count). The molecule has 1 aliphatic heterocycles. The van der Waals surface area contributed by atoms with Crippen molar-refractivity contribution in [2.75, 3.05) is 18.4 Å². The van der Waals surface area contributed by atoms with Gasteiger partial charge in [-0.3, -0.25) is 14.2 Å². The van der Waals surface area contributed by atoms with Crippen molar-refractivity contribution in [3.05, 3.63) is 70.1 Å². The fourth-order valence-corrected chi connectivity index (χ4v) is 6.89. The summed E-state index contributed by atoms with van der Waals surface area (Å²) in [5.74, 6) is 0.383. The zero-order valence-electron chi connectivity index (χ0n) is 20.3. The normalized spacial score (nSPS) is 17.6. The summed E-state index contributed by atoms with van der Waals surface area (Å²) in [6.45, 7) is 0.824. The smallest absolute Gasteiger partial charge is 0.272 e. The van der Waals surface area contributed by atoms with Gasteiger partial charge in [-0.2, -0.15) is 5.10 Å². The van der Waals surface area contributed by atoms with Gasteiger partial charge in [0.15, 0.2) is 5.82 Å². The van der Waals surface area contributed by atoms with Gasteiger partial charge in [-0.05, 0) is 35.4 Å². The minimum Gasteiger partial charge on any atom is -0.496 e. The topological polar surface area (TPSA) is 114 Å². The molecule has 2 aromatic carbocycles. The Hall–Kier alpha value is -3.19. The molecule has 1 aliphatic rings. The third-order valence-corrected chi connectivity index (χ3v) is 9.25. The molecule has 38 heavy (non-hydrogen) atoms. The van der Waals surface area contributed by atoms with Crippen molar-refractivity contribution in [1.29, 1.82) is 0 Å². The average molecular weight is 578 g/mol. The Morgan fingerprint density at radius 1 is 1.24 bits per heavy atom. The quantitative estimate of drug-likeness (QED) is 0.278. The van der Waals surface area contributed by atoms with Gasteiger partial charge in [0.05, 0.1) is 34.9 Å². The molecule has 3 heterocycles. The number of halogens is 2. The maximum atomic E-state index is 13.4. The number of carbonyl (C=O) groups excluding carboxylic acids is 1. The van der Waals surface area contributed by atoms with Crippen LogP contribution in [0.3, 0.4) is 0 Å². The highest BCUT2D eigenvalue weighted by Crippen LogP contribution is 2.35. The summed E-state index contributed by atoms with van der Waals surface area (Å²) in [7, 11) is -2.41. The van der Waals surface area contributed by atoms with Crippen LogP contribution < -0.4 is 20.1 Å². The molecular formula is C25H25ClFN5O4S2. The molecule has 0 unspecified atom stereocenters. The van der Waals surface area contributed by atoms with E-state index in [1.165, 1.54) is 19.2 Å². The van der Waals surface area contributed by atoms with Gasteiger partial charge in [0.1, 0.15) is 16.1 Å². The van der Waals surface area contributed by atoms with Crippen LogP contribution in [-0.2, 0) is 27.9 Å². The van der Waals surface area contributed by atoms with Crippen molar-refractivity contribution < 1.29 is 22.3 Å². The van der Waals surface area contributed by atoms with Gasteiger partial charge in [0.25, 0.3) is 10.0 Å². The largest absolute Gasteiger partial charge is 0.496 e. The first-order valence-electron chi connectivity index (χ1n) is 11.8. The van der Waals surface area contributed by atoms with Crippen molar-refractivity contribution in [1.82, 2.24) is 20.4 Å². The van der Waals surface area contributed by atoms with Crippen LogP contribution in [0.5, 0.6) is 5.75 Å². The molecule has 0 saturated carbocycles. The van der Waals surface area contributed by atoms with E-state index < -0.39 is 22.2 Å². The monoisotopic (exact) mass is 577 g/mol. The van der Waals surface area contributed by atoms with Crippen molar-refractivity contribution >= 4 is 55.6 Å². The van der Waals surface area contributed by atoms with E-state index in [0.717, 1.165) is 22.5 Å². The van der Waals surface area contributed by atoms with Crippen molar-refractivity contribution in [2.45, 2.75) is 35.9 Å². The number of amides is 1. The Morgan fingerprint density at radius 2 is 2.03 bits per heavy atom. The van der Waals surface area contributed by atoms with E-state index in [1.807, 2.05) is 36.4 Å². The first-order valence-corrected chi connectivity index (χ1v) is 14.5. The summed E-state index contributed by atoms with van der Waals surface area (Å²) in [5.41, 5.74) is 2.44. The second-order valence-electron chi connectivity index (χ2n) is 8.86. The molecule has 1 amide bonds. The number of benzene rings is 2. The molecule has 3 N–H and O–H groups in total. The maximum Gasteiger partial charge on any atom is 0.272 e. The number of anilines is 1. The third kappa shape index (κ3) is 5.63. The summed E-state index contributed by atoms with van der Waals surface area (Å²) < 4.78 is 49.6. The Kier molecular flexibility index (Phi) is 7.57. The van der Waals surface area contributed by atoms with Crippen LogP contribution >= 0.6 is 22.9 Å². The number of alkyl halides is 1. The molecule has 1 fully saturated rings. The van der Waals surface area contributed by atoms with E-state index >= 15 is 0 Å². The van der Waals surface area contributed by atoms with Gasteiger partial charge >= 0.3 is 0 Å². The third-order valence-electron chi connectivity index (χ3n) is 6.19. The number of sulfonamides is 1. The molecule has 200 valence electrons. The van der Waals surface area contributed by atoms with Crippen molar-refractivity contribution in [3.8, 4) is 5.75 Å². The summed E-state index contributed by atoms with van der Waals surface area (Å²) in [5, 5.41) is 10.8. The molecule has 0 aliphatic carbocycles. The Bertz CT molecular complexity index is 1590. The number of nitrogens with one attached hydrogen (secondary N) is 3. The minimum atomic E-state index is -3.92. The summed E-state index contributed by atoms with van der Waals surface area (Å²) in [4.78, 5) is 12.3. The second kappa shape index (κ2) is 10.9. The number of hydrogen-bond acceptors (Lipinski definition) is 7. The van der Waals surface area contributed by atoms with Gasteiger partial charge in [0, 0.05) is 19.5 Å². The van der Waals surface area contributed by atoms with E-state index in [9.17, 15) is 17.6 Å². The fourth-order valence-electron chi connectivity index (χ4n) is 4.39. The van der Waals surface area contributed by atoms with E-state index in [4.69, 9.17) is 16.3 Å². The first kappa shape index (κ1) is 26.4. The number of aromatic nitrogens is 2. The van der Waals surface area contributed by atoms with Gasteiger partial charge in [-0.25, -0.2) is 12.8 Å². The molecule has 2 atom stereocenters. The zero-order chi connectivity index (χ0) is 26.9. The van der Waals surface area contributed by atoms with Crippen LogP contribution in [0.25, 0.3) is 10.9 Å². The number of fused-ring (bicyclic) bond motifs is 1. The zero-order valence-corrected chi connectivity index (χ0v) is 22.7. The van der Waals surface area contributed by atoms with Crippen LogP contribution in [-0.4, -0.2) is 50.0 Å². The number of ether oxygens (including phenoxy) is 1. The predicted octanol–water partition coefficient (Wildman–Crippen LogP) is 3.93. The Morgan fingerprint density at radius 3 is 2.74 bits per heavy atom. The van der Waals surface area contributed by atoms with Gasteiger partial charge in [0.2, 0.25) is 5.91 Å². The summed E-state index contributed by atoms with van der Waals surface area (Å²) >= 11 is 6.89. The lowest BCUT2D eigenvalue weighted by atomic mass is 10.1. The second-order valence-corrected chi connectivity index (χ2v) is 12.5. The van der Waals surface area contributed by atoms with Crippen LogP contribution in [0.2, 0.25) is 4.34 Å². The van der Waals surface area contributed by atoms with Gasteiger partial charge < -0.3 is 15.4 Å². The fraction of sp³-hybridized carbons (Fsp3) is 0.280. The summed E-state index contributed by atoms with van der Waals surface area (Å²) in [6.07, 6.45) is -0.832. The molecule has 0 spiro atoms. The van der Waals surface area contributed by atoms with E-state index in [2.05, 4.69) is 20.5 Å². The maximum absolute atomic E-state index is 13.4. The average Bonchev–Trinajstić information content (AvgIpc) is 3.62. The molecule has 1 saturated heterocycles. The number of carbonyl (C=O) groups is 1. The molecular weight excluding hydrogens is 553 g/mol. The number of nitrogens with zero attached hydrogens (tertiary/aromatic N) is 2. The molecule has 4 aromatic rings. The highest BCUT2D eigenvalue weighted by atomic mass is 35.5. The minimum absolute atomic E-state index is 0.0738. The Labute approximate surface area is 228 Å². The van der Waals surface area contributed by atoms with E-state index in [0.29, 0.717) is 34.1 Å². The van der Waals surface area contributed by atoms with E-state index in [1.54, 1.807) is 10.7 Å². The van der Waals surface area contributed by atoms with Gasteiger partial charge in [-0.1, -0.05) is 41.9 Å². The lowest BCUT2D eigenvalue weighted by Gasteiger charge is -2.12. The standard InChI is InChI=1S/C25H25ClFN5O4S2/c1-36-20-7-3-6-19-23(20)24(31-38(34,35)22-9-8-21(26)37-22)30-32(19)14-16-5-2-4-15(10-16)12-29-25(33)18-11-17(27)13-28-18/h2-10,17-18,28H,11-14H2,1H3,(H,29,33)(H,30,31)/t17-,18+/m1/s1. The van der Waals surface area contributed by atoms with Crippen molar-refractivity contribution in [2.24, 2.45) is 0 Å². The lowest BCUT2D eigenvalue weighted by molar-refractivity contribution is -0.123. The SMILES string of the molecule is COc1cccc2c1c(NS(=O)(=O)c1ccc(Cl)s1)nn2Cc1cccc(CNC(=O)[C@@H]2C[C@@H](F)CN2)c1. The molecule has 2 aromatic heterocycles. The predicted molar refractivity (Wildman–Crippen MR) is 145 cm³/mol. The molecule has 0 bridgehead atoms. The van der Waals surface area contributed by atoms with Crippen LogP contribution in [0.4, 0.5) is 10.2 Å². The Balaban J connectivity index is 1.39. The molecule has 13 heteroatoms. The number of rotatable bonds is 9. The number of hydrogen-bond donors (Lipinski definition) is 3. The first-order chi connectivity index (χ1) is 18.2. The lowest BCUT2D eigenvalue weighted by Crippen LogP contribution is -2.40. The molecule has 0 radical (unpaired) electrons. The number of thiophene rings is 1. The van der Waals surface area contributed by atoms with Crippen LogP contribution in [0.15, 0.2) is 58.8 Å². The van der Waals surface area contributed by atoms with E-state index in [-0.39, 0.29) is 28.9 Å². The van der Waals surface area contributed by atoms with Crippen molar-refractivity contribution in [3.63, 3.8) is 0 Å². The molecule has 9 nitrogen and oxygen atoms in total.